The molecule has 3 atom stereocenters. The summed E-state index contributed by atoms with van der Waals surface area (Å²) in [4.78, 5) is 16.7. The Morgan fingerprint density at radius 1 is 1.48 bits per heavy atom. The summed E-state index contributed by atoms with van der Waals surface area (Å²) in [6, 6.07) is 10.2. The van der Waals surface area contributed by atoms with Gasteiger partial charge in [0.2, 0.25) is 5.91 Å². The topological polar surface area (TPSA) is 68.6 Å². The molecule has 0 bridgehead atoms. The zero-order valence-corrected chi connectivity index (χ0v) is 14.9. The van der Waals surface area contributed by atoms with Gasteiger partial charge in [0.05, 0.1) is 17.7 Å². The minimum Gasteiger partial charge on any atom is -0.363 e. The Morgan fingerprint density at radius 3 is 3.08 bits per heavy atom. The lowest BCUT2D eigenvalue weighted by Gasteiger charge is -2.22. The van der Waals surface area contributed by atoms with E-state index < -0.39 is 0 Å². The molecule has 2 aliphatic heterocycles. The highest BCUT2D eigenvalue weighted by molar-refractivity contribution is 5.81. The van der Waals surface area contributed by atoms with Crippen molar-refractivity contribution in [1.82, 2.24) is 15.1 Å². The summed E-state index contributed by atoms with van der Waals surface area (Å²) in [6.07, 6.45) is 1.51. The van der Waals surface area contributed by atoms with E-state index in [1.807, 2.05) is 37.2 Å². The number of likely N-dealkylation sites (N-methyl/N-ethyl adjacent to an activating group) is 1. The van der Waals surface area contributed by atoms with Crippen LogP contribution in [0.1, 0.15) is 24.0 Å². The molecular weight excluding hydrogens is 316 g/mol. The average Bonchev–Trinajstić information content (AvgIpc) is 3.17. The maximum Gasteiger partial charge on any atom is 0.249 e. The number of likely N-dealkylation sites (tertiary alicyclic amines) is 1. The lowest BCUT2D eigenvalue weighted by molar-refractivity contribution is -0.132. The van der Waals surface area contributed by atoms with E-state index in [2.05, 4.69) is 22.4 Å². The summed E-state index contributed by atoms with van der Waals surface area (Å²) in [5.74, 6) is 0.00248. The van der Waals surface area contributed by atoms with E-state index in [1.54, 1.807) is 0 Å². The average molecular weight is 342 g/mol. The van der Waals surface area contributed by atoms with Crippen molar-refractivity contribution in [2.75, 3.05) is 33.7 Å². The lowest BCUT2D eigenvalue weighted by Crippen LogP contribution is -2.39. The number of rotatable bonds is 6. The number of carbonyl (C=O) groups is 1. The summed E-state index contributed by atoms with van der Waals surface area (Å²) in [6.45, 7) is 3.24. The maximum atomic E-state index is 12.3. The number of amides is 1. The fraction of sp³-hybridized carbons (Fsp3) is 0.579. The molecule has 2 fully saturated rings. The minimum absolute atomic E-state index is 0.00248. The zero-order chi connectivity index (χ0) is 17.8. The Hall–Kier alpha value is -1.94. The smallest absolute Gasteiger partial charge is 0.249 e. The number of fused-ring (bicyclic) bond motifs is 1. The van der Waals surface area contributed by atoms with Gasteiger partial charge in [0, 0.05) is 38.6 Å². The minimum atomic E-state index is -0.342. The lowest BCUT2D eigenvalue weighted by atomic mass is 10.1. The first-order chi connectivity index (χ1) is 12.1. The van der Waals surface area contributed by atoms with E-state index in [4.69, 9.17) is 10.00 Å². The van der Waals surface area contributed by atoms with Crippen LogP contribution in [0.2, 0.25) is 0 Å². The molecule has 6 heteroatoms. The molecule has 2 aliphatic rings. The number of benzene rings is 1. The van der Waals surface area contributed by atoms with Crippen LogP contribution in [0.15, 0.2) is 24.3 Å². The second kappa shape index (κ2) is 7.96. The number of nitrogens with one attached hydrogen (secondary N) is 1. The largest absolute Gasteiger partial charge is 0.363 e. The van der Waals surface area contributed by atoms with Crippen molar-refractivity contribution in [3.05, 3.63) is 35.4 Å². The predicted octanol–water partition coefficient (Wildman–Crippen LogP) is 0.968. The molecule has 1 N–H and O–H groups in total. The van der Waals surface area contributed by atoms with Gasteiger partial charge in [0.1, 0.15) is 6.10 Å². The van der Waals surface area contributed by atoms with Crippen molar-refractivity contribution >= 4 is 5.91 Å². The Balaban J connectivity index is 1.54. The second-order valence-corrected chi connectivity index (χ2v) is 7.13. The van der Waals surface area contributed by atoms with E-state index in [-0.39, 0.29) is 24.2 Å². The van der Waals surface area contributed by atoms with Crippen molar-refractivity contribution in [3.8, 4) is 6.07 Å². The molecule has 134 valence electrons. The van der Waals surface area contributed by atoms with Crippen LogP contribution in [-0.2, 0) is 16.1 Å². The van der Waals surface area contributed by atoms with E-state index in [1.165, 1.54) is 0 Å². The molecule has 0 aliphatic carbocycles. The molecule has 0 unspecified atom stereocenters. The van der Waals surface area contributed by atoms with E-state index in [9.17, 15) is 4.79 Å². The zero-order valence-electron chi connectivity index (χ0n) is 14.9. The Morgan fingerprint density at radius 2 is 2.32 bits per heavy atom. The van der Waals surface area contributed by atoms with Crippen molar-refractivity contribution in [2.24, 2.45) is 0 Å². The molecule has 0 radical (unpaired) electrons. The Bertz CT molecular complexity index is 655. The monoisotopic (exact) mass is 342 g/mol. The van der Waals surface area contributed by atoms with Gasteiger partial charge in [-0.25, -0.2) is 0 Å². The van der Waals surface area contributed by atoms with Gasteiger partial charge in [0.25, 0.3) is 0 Å². The summed E-state index contributed by atoms with van der Waals surface area (Å²) < 4.78 is 6.00. The number of ether oxygens (including phenoxy) is 1. The quantitative estimate of drug-likeness (QED) is 0.834. The number of hydrogen-bond donors (Lipinski definition) is 1. The van der Waals surface area contributed by atoms with Crippen LogP contribution in [-0.4, -0.2) is 67.7 Å². The molecule has 1 aromatic rings. The van der Waals surface area contributed by atoms with Gasteiger partial charge in [-0.1, -0.05) is 12.1 Å². The molecule has 6 nitrogen and oxygen atoms in total. The number of hydrogen-bond acceptors (Lipinski definition) is 5. The van der Waals surface area contributed by atoms with Gasteiger partial charge in [-0.3, -0.25) is 9.69 Å². The molecule has 0 aromatic heterocycles. The van der Waals surface area contributed by atoms with E-state index in [0.29, 0.717) is 12.1 Å². The second-order valence-electron chi connectivity index (χ2n) is 7.13. The molecule has 1 amide bonds. The third-order valence-corrected chi connectivity index (χ3v) is 4.99. The molecule has 1 aromatic carbocycles. The van der Waals surface area contributed by atoms with Crippen LogP contribution in [0, 0.1) is 11.3 Å². The van der Waals surface area contributed by atoms with Crippen LogP contribution < -0.4 is 5.32 Å². The first-order valence-electron chi connectivity index (χ1n) is 8.88. The number of nitrogens with zero attached hydrogens (tertiary/aromatic N) is 3. The van der Waals surface area contributed by atoms with Crippen LogP contribution in [0.3, 0.4) is 0 Å². The summed E-state index contributed by atoms with van der Waals surface area (Å²) in [5.41, 5.74) is 1.83. The fourth-order valence-corrected chi connectivity index (χ4v) is 3.69. The van der Waals surface area contributed by atoms with Gasteiger partial charge in [-0.05, 0) is 38.2 Å². The summed E-state index contributed by atoms with van der Waals surface area (Å²) in [5, 5.41) is 12.0. The van der Waals surface area contributed by atoms with E-state index >= 15 is 0 Å². The summed E-state index contributed by atoms with van der Waals surface area (Å²) in [7, 11) is 3.98. The van der Waals surface area contributed by atoms with Gasteiger partial charge < -0.3 is 15.0 Å². The molecule has 0 saturated carbocycles. The van der Waals surface area contributed by atoms with Crippen LogP contribution in [0.5, 0.6) is 0 Å². The van der Waals surface area contributed by atoms with Crippen molar-refractivity contribution in [3.63, 3.8) is 0 Å². The number of nitriles is 1. The summed E-state index contributed by atoms with van der Waals surface area (Å²) >= 11 is 0. The third kappa shape index (κ3) is 4.37. The normalized spacial score (nSPS) is 25.8. The maximum absolute atomic E-state index is 12.3. The van der Waals surface area contributed by atoms with E-state index in [0.717, 1.165) is 38.0 Å². The van der Waals surface area contributed by atoms with Crippen LogP contribution in [0.4, 0.5) is 0 Å². The van der Waals surface area contributed by atoms with Crippen LogP contribution in [0.25, 0.3) is 0 Å². The number of carbonyl (C=O) groups excluding carboxylic acids is 1. The first kappa shape index (κ1) is 17.9. The SMILES string of the molecule is CN(C)CCNC(=O)[C@H]1C[C@H]2[C@H](CCN2Cc2cccc(C#N)c2)O1. The van der Waals surface area contributed by atoms with Gasteiger partial charge >= 0.3 is 0 Å². The standard InChI is InChI=1S/C19H26N4O2/c1-22(2)9-7-21-19(24)18-11-16-17(25-18)6-8-23(16)13-15-5-3-4-14(10-15)12-20/h3-5,10,16-18H,6-9,11,13H2,1-2H3,(H,21,24)/t16-,17-,18+/m0/s1. The van der Waals surface area contributed by atoms with Crippen molar-refractivity contribution in [1.29, 1.82) is 5.26 Å². The Kier molecular flexibility index (Phi) is 5.69. The van der Waals surface area contributed by atoms with Gasteiger partial charge in [0.15, 0.2) is 0 Å². The predicted molar refractivity (Wildman–Crippen MR) is 94.8 cm³/mol. The molecule has 2 saturated heterocycles. The van der Waals surface area contributed by atoms with Crippen molar-refractivity contribution < 1.29 is 9.53 Å². The fourth-order valence-electron chi connectivity index (χ4n) is 3.69. The molecule has 0 spiro atoms. The van der Waals surface area contributed by atoms with Crippen LogP contribution >= 0.6 is 0 Å². The van der Waals surface area contributed by atoms with Gasteiger partial charge in [-0.15, -0.1) is 0 Å². The molecule has 25 heavy (non-hydrogen) atoms. The Labute approximate surface area is 149 Å². The van der Waals surface area contributed by atoms with Gasteiger partial charge in [-0.2, -0.15) is 5.26 Å². The highest BCUT2D eigenvalue weighted by Gasteiger charge is 2.45. The third-order valence-electron chi connectivity index (χ3n) is 4.99. The molecule has 2 heterocycles. The first-order valence-corrected chi connectivity index (χ1v) is 8.88. The highest BCUT2D eigenvalue weighted by Crippen LogP contribution is 2.34. The molecular formula is C19H26N4O2. The highest BCUT2D eigenvalue weighted by atomic mass is 16.5. The molecule has 3 rings (SSSR count). The van der Waals surface area contributed by atoms with Crippen molar-refractivity contribution in [2.45, 2.75) is 37.6 Å².